The average Bonchev–Trinajstić information content (AvgIpc) is 3.31. The second kappa shape index (κ2) is 11.1. The standard InChI is InChI=1S/C23H40N4O5/c1-15(2)11-20(30)26-10-6-7-17(26)21(31)18-12-16(28)14-27(18)22(32)25-13-19(29)24-9-8-23(3,4)5/h15-18,28H,6-14H2,1-5H3,(H,24,29)(H,25,32). The maximum absolute atomic E-state index is 13.3. The van der Waals surface area contributed by atoms with Crippen molar-refractivity contribution in [3.63, 3.8) is 0 Å². The zero-order valence-electron chi connectivity index (χ0n) is 20.1. The number of β-amino-alcohol motifs (C(OH)–C–C–N with tert-alkyl or cyclic N) is 1. The minimum absolute atomic E-state index is 0.0283. The molecular weight excluding hydrogens is 412 g/mol. The minimum Gasteiger partial charge on any atom is -0.391 e. The molecule has 9 heteroatoms. The highest BCUT2D eigenvalue weighted by atomic mass is 16.3. The molecule has 2 aliphatic heterocycles. The summed E-state index contributed by atoms with van der Waals surface area (Å²) in [5, 5.41) is 15.5. The number of ketones is 1. The molecule has 182 valence electrons. The van der Waals surface area contributed by atoms with Crippen LogP contribution in [0.5, 0.6) is 0 Å². The Labute approximate surface area is 191 Å². The van der Waals surface area contributed by atoms with E-state index < -0.39 is 24.2 Å². The van der Waals surface area contributed by atoms with Crippen LogP contribution in [-0.2, 0) is 14.4 Å². The Balaban J connectivity index is 1.94. The summed E-state index contributed by atoms with van der Waals surface area (Å²) in [6.45, 7) is 11.1. The van der Waals surface area contributed by atoms with Crippen LogP contribution >= 0.6 is 0 Å². The molecule has 0 aromatic heterocycles. The zero-order valence-corrected chi connectivity index (χ0v) is 20.1. The third-order valence-electron chi connectivity index (χ3n) is 5.95. The molecule has 0 spiro atoms. The molecule has 0 aromatic rings. The Morgan fingerprint density at radius 2 is 1.75 bits per heavy atom. The minimum atomic E-state index is -0.809. The van der Waals surface area contributed by atoms with Gasteiger partial charge in [0.2, 0.25) is 11.8 Å². The van der Waals surface area contributed by atoms with E-state index in [2.05, 4.69) is 31.4 Å². The summed E-state index contributed by atoms with van der Waals surface area (Å²) in [6, 6.07) is -1.91. The van der Waals surface area contributed by atoms with Crippen molar-refractivity contribution >= 4 is 23.6 Å². The summed E-state index contributed by atoms with van der Waals surface area (Å²) in [5.74, 6) is -0.353. The Bertz CT molecular complexity index is 703. The number of nitrogens with one attached hydrogen (secondary N) is 2. The lowest BCUT2D eigenvalue weighted by atomic mass is 9.92. The van der Waals surface area contributed by atoms with Gasteiger partial charge in [-0.2, -0.15) is 0 Å². The van der Waals surface area contributed by atoms with E-state index in [1.807, 2.05) is 13.8 Å². The largest absolute Gasteiger partial charge is 0.391 e. The molecule has 0 aromatic carbocycles. The monoisotopic (exact) mass is 452 g/mol. The molecule has 2 aliphatic rings. The fourth-order valence-corrected chi connectivity index (χ4v) is 4.25. The average molecular weight is 453 g/mol. The van der Waals surface area contributed by atoms with Crippen molar-refractivity contribution in [2.75, 3.05) is 26.2 Å². The number of amides is 4. The molecule has 4 amide bonds. The molecule has 3 N–H and O–H groups in total. The second-order valence-electron chi connectivity index (χ2n) is 10.6. The van der Waals surface area contributed by atoms with Gasteiger partial charge in [0.25, 0.3) is 0 Å². The Morgan fingerprint density at radius 1 is 1.06 bits per heavy atom. The molecule has 3 unspecified atom stereocenters. The van der Waals surface area contributed by atoms with Gasteiger partial charge in [0.1, 0.15) is 0 Å². The van der Waals surface area contributed by atoms with Gasteiger partial charge in [-0.05, 0) is 30.6 Å². The number of nitrogens with zero attached hydrogens (tertiary/aromatic N) is 2. The Hall–Kier alpha value is -2.16. The predicted molar refractivity (Wildman–Crippen MR) is 121 cm³/mol. The first-order chi connectivity index (χ1) is 14.9. The highest BCUT2D eigenvalue weighted by molar-refractivity contribution is 5.96. The highest BCUT2D eigenvalue weighted by Gasteiger charge is 2.44. The molecule has 2 saturated heterocycles. The third kappa shape index (κ3) is 7.46. The van der Waals surface area contributed by atoms with E-state index in [9.17, 15) is 24.3 Å². The van der Waals surface area contributed by atoms with Gasteiger partial charge in [0.15, 0.2) is 5.78 Å². The number of hydrogen-bond acceptors (Lipinski definition) is 5. The van der Waals surface area contributed by atoms with E-state index in [-0.39, 0.29) is 48.4 Å². The number of carbonyl (C=O) groups is 4. The predicted octanol–water partition coefficient (Wildman–Crippen LogP) is 1.29. The molecule has 32 heavy (non-hydrogen) atoms. The fraction of sp³-hybridized carbons (Fsp3) is 0.826. The highest BCUT2D eigenvalue weighted by Crippen LogP contribution is 2.27. The molecule has 2 heterocycles. The van der Waals surface area contributed by atoms with Crippen molar-refractivity contribution < 1.29 is 24.3 Å². The third-order valence-corrected chi connectivity index (χ3v) is 5.95. The first kappa shape index (κ1) is 26.1. The summed E-state index contributed by atoms with van der Waals surface area (Å²) in [5.41, 5.74) is 0.0977. The number of rotatable bonds is 8. The lowest BCUT2D eigenvalue weighted by Crippen LogP contribution is -2.53. The summed E-state index contributed by atoms with van der Waals surface area (Å²) < 4.78 is 0. The van der Waals surface area contributed by atoms with E-state index in [0.29, 0.717) is 25.9 Å². The van der Waals surface area contributed by atoms with Gasteiger partial charge in [-0.1, -0.05) is 34.6 Å². The van der Waals surface area contributed by atoms with E-state index in [0.717, 1.165) is 12.8 Å². The van der Waals surface area contributed by atoms with Gasteiger partial charge in [0, 0.05) is 32.5 Å². The molecule has 0 bridgehead atoms. The van der Waals surface area contributed by atoms with Gasteiger partial charge in [-0.25, -0.2) is 4.79 Å². The quantitative estimate of drug-likeness (QED) is 0.513. The molecule has 0 saturated carbocycles. The van der Waals surface area contributed by atoms with Gasteiger partial charge in [0.05, 0.1) is 24.7 Å². The van der Waals surface area contributed by atoms with E-state index in [1.165, 1.54) is 4.90 Å². The fourth-order valence-electron chi connectivity index (χ4n) is 4.25. The molecule has 2 fully saturated rings. The van der Waals surface area contributed by atoms with Gasteiger partial charge in [-0.3, -0.25) is 14.4 Å². The number of hydrogen-bond donors (Lipinski definition) is 3. The number of likely N-dealkylation sites (tertiary alicyclic amines) is 2. The van der Waals surface area contributed by atoms with Crippen LogP contribution < -0.4 is 10.6 Å². The molecule has 0 aliphatic carbocycles. The number of urea groups is 1. The zero-order chi connectivity index (χ0) is 24.1. The van der Waals surface area contributed by atoms with Crippen molar-refractivity contribution in [1.82, 2.24) is 20.4 Å². The van der Waals surface area contributed by atoms with Crippen LogP contribution in [0.15, 0.2) is 0 Å². The first-order valence-electron chi connectivity index (χ1n) is 11.7. The topological polar surface area (TPSA) is 119 Å². The van der Waals surface area contributed by atoms with Crippen LogP contribution in [0.2, 0.25) is 0 Å². The maximum Gasteiger partial charge on any atom is 0.318 e. The van der Waals surface area contributed by atoms with Crippen LogP contribution in [-0.4, -0.2) is 82.9 Å². The van der Waals surface area contributed by atoms with Crippen molar-refractivity contribution in [3.8, 4) is 0 Å². The van der Waals surface area contributed by atoms with Gasteiger partial charge < -0.3 is 25.5 Å². The lowest BCUT2D eigenvalue weighted by Gasteiger charge is -2.30. The molecule has 3 atom stereocenters. The maximum atomic E-state index is 13.3. The van der Waals surface area contributed by atoms with Crippen LogP contribution in [0.3, 0.4) is 0 Å². The van der Waals surface area contributed by atoms with Crippen LogP contribution in [0.1, 0.15) is 66.7 Å². The normalized spacial score (nSPS) is 23.5. The first-order valence-corrected chi connectivity index (χ1v) is 11.7. The lowest BCUT2D eigenvalue weighted by molar-refractivity contribution is -0.139. The Morgan fingerprint density at radius 3 is 2.38 bits per heavy atom. The number of Topliss-reactive ketones (excluding diaryl/α,β-unsaturated/α-hetero) is 1. The number of aliphatic hydroxyl groups excluding tert-OH is 1. The molecule has 2 rings (SSSR count). The summed E-state index contributed by atoms with van der Waals surface area (Å²) in [7, 11) is 0. The summed E-state index contributed by atoms with van der Waals surface area (Å²) in [4.78, 5) is 53.5. The molecule has 9 nitrogen and oxygen atoms in total. The second-order valence-corrected chi connectivity index (χ2v) is 10.6. The SMILES string of the molecule is CC(C)CC(=O)N1CCCC1C(=O)C1CC(O)CN1C(=O)NCC(=O)NCCC(C)(C)C. The van der Waals surface area contributed by atoms with E-state index in [1.54, 1.807) is 4.90 Å². The molecule has 0 radical (unpaired) electrons. The van der Waals surface area contributed by atoms with Crippen molar-refractivity contribution in [3.05, 3.63) is 0 Å². The van der Waals surface area contributed by atoms with E-state index in [4.69, 9.17) is 0 Å². The van der Waals surface area contributed by atoms with Crippen molar-refractivity contribution in [1.29, 1.82) is 0 Å². The van der Waals surface area contributed by atoms with Gasteiger partial charge >= 0.3 is 6.03 Å². The molecular formula is C23H40N4O5. The van der Waals surface area contributed by atoms with Crippen LogP contribution in [0.4, 0.5) is 4.79 Å². The van der Waals surface area contributed by atoms with Crippen molar-refractivity contribution in [2.24, 2.45) is 11.3 Å². The number of carbonyl (C=O) groups excluding carboxylic acids is 4. The van der Waals surface area contributed by atoms with Crippen molar-refractivity contribution in [2.45, 2.75) is 84.9 Å². The Kier molecular flexibility index (Phi) is 9.07. The summed E-state index contributed by atoms with van der Waals surface area (Å²) in [6.07, 6.45) is 1.85. The van der Waals surface area contributed by atoms with Crippen LogP contribution in [0, 0.1) is 11.3 Å². The van der Waals surface area contributed by atoms with Gasteiger partial charge in [-0.15, -0.1) is 0 Å². The number of aliphatic hydroxyl groups is 1. The van der Waals surface area contributed by atoms with E-state index >= 15 is 0 Å². The summed E-state index contributed by atoms with van der Waals surface area (Å²) >= 11 is 0. The van der Waals surface area contributed by atoms with Crippen LogP contribution in [0.25, 0.3) is 0 Å². The smallest absolute Gasteiger partial charge is 0.318 e.